The Morgan fingerprint density at radius 1 is 1.10 bits per heavy atom. The fourth-order valence-corrected chi connectivity index (χ4v) is 1.87. The standard InChI is InChI=1S/C13H21N5O2/c1-2-5-19-7-8-20-6-3-4-18-10-17-11-12(14)15-9-16-13(11)18/h9-10H,2-8H2,1H3,(H2,14,15,16). The van der Waals surface area contributed by atoms with Gasteiger partial charge in [-0.15, -0.1) is 0 Å². The van der Waals surface area contributed by atoms with Crippen LogP contribution in [0.15, 0.2) is 12.7 Å². The van der Waals surface area contributed by atoms with E-state index in [1.807, 2.05) is 4.57 Å². The highest BCUT2D eigenvalue weighted by Crippen LogP contribution is 2.14. The highest BCUT2D eigenvalue weighted by Gasteiger charge is 2.06. The van der Waals surface area contributed by atoms with Gasteiger partial charge < -0.3 is 19.8 Å². The van der Waals surface area contributed by atoms with Crippen LogP contribution in [0.4, 0.5) is 5.82 Å². The third-order valence-electron chi connectivity index (χ3n) is 2.84. The van der Waals surface area contributed by atoms with Crippen molar-refractivity contribution < 1.29 is 9.47 Å². The molecule has 0 unspecified atom stereocenters. The number of hydrogen-bond donors (Lipinski definition) is 1. The van der Waals surface area contributed by atoms with E-state index in [9.17, 15) is 0 Å². The Morgan fingerprint density at radius 2 is 1.90 bits per heavy atom. The first-order chi connectivity index (χ1) is 9.83. The van der Waals surface area contributed by atoms with Gasteiger partial charge in [-0.05, 0) is 12.8 Å². The Hall–Kier alpha value is -1.73. The minimum atomic E-state index is 0.415. The molecule has 0 spiro atoms. The van der Waals surface area contributed by atoms with Crippen LogP contribution in [0.2, 0.25) is 0 Å². The molecule has 0 amide bonds. The van der Waals surface area contributed by atoms with Crippen molar-refractivity contribution in [3.8, 4) is 0 Å². The smallest absolute Gasteiger partial charge is 0.165 e. The van der Waals surface area contributed by atoms with E-state index in [4.69, 9.17) is 15.2 Å². The fourth-order valence-electron chi connectivity index (χ4n) is 1.87. The molecular weight excluding hydrogens is 258 g/mol. The second kappa shape index (κ2) is 7.76. The minimum absolute atomic E-state index is 0.415. The number of fused-ring (bicyclic) bond motifs is 1. The summed E-state index contributed by atoms with van der Waals surface area (Å²) >= 11 is 0. The summed E-state index contributed by atoms with van der Waals surface area (Å²) in [5.41, 5.74) is 7.16. The quantitative estimate of drug-likeness (QED) is 0.695. The average molecular weight is 279 g/mol. The molecule has 0 saturated carbocycles. The first-order valence-corrected chi connectivity index (χ1v) is 6.89. The van der Waals surface area contributed by atoms with Crippen LogP contribution in [0.5, 0.6) is 0 Å². The van der Waals surface area contributed by atoms with Gasteiger partial charge in [0.25, 0.3) is 0 Å². The van der Waals surface area contributed by atoms with Gasteiger partial charge in [-0.2, -0.15) is 0 Å². The van der Waals surface area contributed by atoms with Crippen molar-refractivity contribution in [3.05, 3.63) is 12.7 Å². The van der Waals surface area contributed by atoms with Crippen molar-refractivity contribution in [2.45, 2.75) is 26.3 Å². The summed E-state index contributed by atoms with van der Waals surface area (Å²) in [5, 5.41) is 0. The molecule has 0 atom stereocenters. The number of aromatic nitrogens is 4. The number of anilines is 1. The number of nitrogens with two attached hydrogens (primary N) is 1. The summed E-state index contributed by atoms with van der Waals surface area (Å²) < 4.78 is 12.8. The van der Waals surface area contributed by atoms with Crippen molar-refractivity contribution in [2.24, 2.45) is 0 Å². The molecule has 0 aliphatic heterocycles. The summed E-state index contributed by atoms with van der Waals surface area (Å²) in [5.74, 6) is 0.415. The summed E-state index contributed by atoms with van der Waals surface area (Å²) in [7, 11) is 0. The zero-order chi connectivity index (χ0) is 14.2. The van der Waals surface area contributed by atoms with Crippen LogP contribution in [-0.4, -0.2) is 45.9 Å². The molecule has 20 heavy (non-hydrogen) atoms. The van der Waals surface area contributed by atoms with Gasteiger partial charge >= 0.3 is 0 Å². The monoisotopic (exact) mass is 279 g/mol. The molecule has 2 rings (SSSR count). The molecule has 0 bridgehead atoms. The van der Waals surface area contributed by atoms with Crippen molar-refractivity contribution in [2.75, 3.05) is 32.2 Å². The number of aryl methyl sites for hydroxylation is 1. The Balaban J connectivity index is 1.70. The van der Waals surface area contributed by atoms with Crippen LogP contribution in [0.3, 0.4) is 0 Å². The molecule has 2 aromatic heterocycles. The van der Waals surface area contributed by atoms with Crippen molar-refractivity contribution in [3.63, 3.8) is 0 Å². The highest BCUT2D eigenvalue weighted by atomic mass is 16.5. The lowest BCUT2D eigenvalue weighted by Gasteiger charge is -2.06. The van der Waals surface area contributed by atoms with Gasteiger partial charge in [0.15, 0.2) is 11.5 Å². The molecule has 2 N–H and O–H groups in total. The van der Waals surface area contributed by atoms with E-state index in [0.29, 0.717) is 31.2 Å². The van der Waals surface area contributed by atoms with Crippen LogP contribution in [0.1, 0.15) is 19.8 Å². The van der Waals surface area contributed by atoms with Crippen LogP contribution in [0, 0.1) is 0 Å². The van der Waals surface area contributed by atoms with Gasteiger partial charge in [0, 0.05) is 19.8 Å². The molecule has 2 heterocycles. The molecule has 110 valence electrons. The van der Waals surface area contributed by atoms with Gasteiger partial charge in [-0.25, -0.2) is 15.0 Å². The van der Waals surface area contributed by atoms with Gasteiger partial charge in [-0.3, -0.25) is 0 Å². The van der Waals surface area contributed by atoms with E-state index in [1.165, 1.54) is 6.33 Å². The maximum Gasteiger partial charge on any atom is 0.165 e. The lowest BCUT2D eigenvalue weighted by molar-refractivity contribution is 0.0462. The van der Waals surface area contributed by atoms with Gasteiger partial charge in [0.1, 0.15) is 11.8 Å². The molecule has 0 aliphatic rings. The number of imidazole rings is 1. The molecule has 0 fully saturated rings. The van der Waals surface area contributed by atoms with Gasteiger partial charge in [-0.1, -0.05) is 6.92 Å². The van der Waals surface area contributed by atoms with Gasteiger partial charge in [0.05, 0.1) is 19.5 Å². The molecule has 0 aromatic carbocycles. The van der Waals surface area contributed by atoms with E-state index in [0.717, 1.165) is 31.6 Å². The summed E-state index contributed by atoms with van der Waals surface area (Å²) in [6, 6.07) is 0. The predicted octanol–water partition coefficient (Wildman–Crippen LogP) is 1.24. The molecule has 0 saturated heterocycles. The normalized spacial score (nSPS) is 11.2. The second-order valence-electron chi connectivity index (χ2n) is 4.45. The average Bonchev–Trinajstić information content (AvgIpc) is 2.87. The number of ether oxygens (including phenoxy) is 2. The van der Waals surface area contributed by atoms with E-state index < -0.39 is 0 Å². The number of hydrogen-bond acceptors (Lipinski definition) is 6. The third-order valence-corrected chi connectivity index (χ3v) is 2.84. The van der Waals surface area contributed by atoms with Gasteiger partial charge in [0.2, 0.25) is 0 Å². The lowest BCUT2D eigenvalue weighted by atomic mass is 10.4. The Labute approximate surface area is 118 Å². The Morgan fingerprint density at radius 3 is 2.70 bits per heavy atom. The van der Waals surface area contributed by atoms with Crippen molar-refractivity contribution in [1.29, 1.82) is 0 Å². The SMILES string of the molecule is CCCOCCOCCCn1cnc2c(N)ncnc21. The van der Waals surface area contributed by atoms with Crippen molar-refractivity contribution >= 4 is 17.0 Å². The third kappa shape index (κ3) is 3.88. The highest BCUT2D eigenvalue weighted by molar-refractivity contribution is 5.80. The van der Waals surface area contributed by atoms with Crippen molar-refractivity contribution in [1.82, 2.24) is 19.5 Å². The van der Waals surface area contributed by atoms with E-state index >= 15 is 0 Å². The zero-order valence-electron chi connectivity index (χ0n) is 11.8. The Kier molecular flexibility index (Phi) is 5.69. The Bertz CT molecular complexity index is 528. The number of nitrogen functional groups attached to an aromatic ring is 1. The number of nitrogens with zero attached hydrogens (tertiary/aromatic N) is 4. The zero-order valence-corrected chi connectivity index (χ0v) is 11.8. The van der Waals surface area contributed by atoms with Crippen LogP contribution >= 0.6 is 0 Å². The summed E-state index contributed by atoms with van der Waals surface area (Å²) in [4.78, 5) is 12.3. The maximum absolute atomic E-state index is 5.74. The first kappa shape index (κ1) is 14.7. The molecule has 2 aromatic rings. The molecule has 0 aliphatic carbocycles. The van der Waals surface area contributed by atoms with E-state index in [1.54, 1.807) is 6.33 Å². The minimum Gasteiger partial charge on any atom is -0.382 e. The topological polar surface area (TPSA) is 88.1 Å². The summed E-state index contributed by atoms with van der Waals surface area (Å²) in [6.45, 7) is 5.67. The molecular formula is C13H21N5O2. The number of rotatable bonds is 9. The fraction of sp³-hybridized carbons (Fsp3) is 0.615. The van der Waals surface area contributed by atoms with E-state index in [-0.39, 0.29) is 0 Å². The second-order valence-corrected chi connectivity index (χ2v) is 4.45. The van der Waals surface area contributed by atoms with E-state index in [2.05, 4.69) is 21.9 Å². The molecule has 7 heteroatoms. The first-order valence-electron chi connectivity index (χ1n) is 6.89. The maximum atomic E-state index is 5.74. The summed E-state index contributed by atoms with van der Waals surface area (Å²) in [6.07, 6.45) is 5.12. The molecule has 0 radical (unpaired) electrons. The van der Waals surface area contributed by atoms with Crippen LogP contribution in [0.25, 0.3) is 11.2 Å². The predicted molar refractivity (Wildman–Crippen MR) is 76.3 cm³/mol. The molecule has 7 nitrogen and oxygen atoms in total. The van der Waals surface area contributed by atoms with Crippen LogP contribution < -0.4 is 5.73 Å². The largest absolute Gasteiger partial charge is 0.382 e. The van der Waals surface area contributed by atoms with Crippen LogP contribution in [-0.2, 0) is 16.0 Å². The lowest BCUT2D eigenvalue weighted by Crippen LogP contribution is -2.08.